The van der Waals surface area contributed by atoms with E-state index in [4.69, 9.17) is 32.7 Å². The lowest BCUT2D eigenvalue weighted by Crippen LogP contribution is -2.44. The summed E-state index contributed by atoms with van der Waals surface area (Å²) in [6.07, 6.45) is 0. The van der Waals surface area contributed by atoms with E-state index in [1.54, 1.807) is 24.3 Å². The summed E-state index contributed by atoms with van der Waals surface area (Å²) in [4.78, 5) is 50.3. The molecule has 1 heterocycles. The molecule has 0 saturated carbocycles. The van der Waals surface area contributed by atoms with Crippen LogP contribution in [0.4, 0.5) is 5.69 Å². The average molecular weight is 451 g/mol. The Labute approximate surface area is 181 Å². The number of benzene rings is 2. The second kappa shape index (κ2) is 8.73. The van der Waals surface area contributed by atoms with E-state index in [9.17, 15) is 19.2 Å². The van der Waals surface area contributed by atoms with Crippen molar-refractivity contribution in [3.8, 4) is 5.75 Å². The summed E-state index contributed by atoms with van der Waals surface area (Å²) in [5.41, 5.74) is 0.495. The maximum absolute atomic E-state index is 12.6. The number of imide groups is 1. The van der Waals surface area contributed by atoms with E-state index >= 15 is 0 Å². The van der Waals surface area contributed by atoms with Gasteiger partial charge in [-0.2, -0.15) is 0 Å². The zero-order valence-electron chi connectivity index (χ0n) is 15.9. The quantitative estimate of drug-likeness (QED) is 0.535. The maximum atomic E-state index is 12.6. The van der Waals surface area contributed by atoms with Crippen LogP contribution >= 0.6 is 23.2 Å². The van der Waals surface area contributed by atoms with Crippen LogP contribution < -0.4 is 10.1 Å². The summed E-state index contributed by atoms with van der Waals surface area (Å²) in [5, 5.41) is 2.78. The monoisotopic (exact) mass is 450 g/mol. The van der Waals surface area contributed by atoms with Gasteiger partial charge >= 0.3 is 5.97 Å². The number of para-hydroxylation sites is 2. The molecule has 0 spiro atoms. The van der Waals surface area contributed by atoms with Gasteiger partial charge in [0, 0.05) is 0 Å². The topological polar surface area (TPSA) is 102 Å². The smallest absolute Gasteiger partial charge is 0.329 e. The van der Waals surface area contributed by atoms with Gasteiger partial charge < -0.3 is 14.8 Å². The number of ether oxygens (including phenoxy) is 2. The predicted molar refractivity (Wildman–Crippen MR) is 109 cm³/mol. The highest BCUT2D eigenvalue weighted by Gasteiger charge is 2.42. The molecule has 2 aromatic rings. The van der Waals surface area contributed by atoms with E-state index in [1.165, 1.54) is 26.2 Å². The molecule has 0 bridgehead atoms. The molecule has 1 atom stereocenters. The number of carbonyl (C=O) groups is 4. The van der Waals surface area contributed by atoms with Crippen molar-refractivity contribution in [1.29, 1.82) is 0 Å². The van der Waals surface area contributed by atoms with Crippen molar-refractivity contribution in [3.63, 3.8) is 0 Å². The molecule has 1 aliphatic heterocycles. The van der Waals surface area contributed by atoms with E-state index in [0.717, 1.165) is 4.90 Å². The first-order valence-corrected chi connectivity index (χ1v) is 9.46. The Morgan fingerprint density at radius 2 is 1.63 bits per heavy atom. The van der Waals surface area contributed by atoms with Crippen molar-refractivity contribution in [3.05, 3.63) is 57.6 Å². The number of carbonyl (C=O) groups excluding carboxylic acids is 4. The third kappa shape index (κ3) is 4.10. The lowest BCUT2D eigenvalue weighted by atomic mass is 10.1. The normalized spacial score (nSPS) is 13.7. The summed E-state index contributed by atoms with van der Waals surface area (Å²) < 4.78 is 10.1. The van der Waals surface area contributed by atoms with Gasteiger partial charge in [-0.25, -0.2) is 4.79 Å². The van der Waals surface area contributed by atoms with Crippen LogP contribution in [0.3, 0.4) is 0 Å². The number of halogens is 2. The van der Waals surface area contributed by atoms with Crippen LogP contribution in [0.1, 0.15) is 27.6 Å². The first-order chi connectivity index (χ1) is 14.2. The minimum Gasteiger partial charge on any atom is -0.495 e. The molecule has 0 radical (unpaired) electrons. The number of fused-ring (bicyclic) bond motifs is 1. The maximum Gasteiger partial charge on any atom is 0.329 e. The molecule has 0 saturated heterocycles. The van der Waals surface area contributed by atoms with Crippen LogP contribution in [0.15, 0.2) is 36.4 Å². The first-order valence-electron chi connectivity index (χ1n) is 8.71. The van der Waals surface area contributed by atoms with E-state index in [-0.39, 0.29) is 21.2 Å². The van der Waals surface area contributed by atoms with Gasteiger partial charge in [0.15, 0.2) is 6.61 Å². The fourth-order valence-corrected chi connectivity index (χ4v) is 3.23. The molecular formula is C20H16Cl2N2O6. The molecule has 0 aliphatic carbocycles. The van der Waals surface area contributed by atoms with Crippen molar-refractivity contribution < 1.29 is 28.7 Å². The fourth-order valence-electron chi connectivity index (χ4n) is 2.90. The SMILES string of the molecule is COc1ccccc1NC(=O)COC(=O)[C@H](C)N1C(=O)c2cc(Cl)c(Cl)cc2C1=O. The molecule has 8 nitrogen and oxygen atoms in total. The van der Waals surface area contributed by atoms with E-state index in [1.807, 2.05) is 0 Å². The minimum atomic E-state index is -1.26. The van der Waals surface area contributed by atoms with Crippen molar-refractivity contribution in [1.82, 2.24) is 4.90 Å². The largest absolute Gasteiger partial charge is 0.495 e. The average Bonchev–Trinajstić information content (AvgIpc) is 2.96. The number of anilines is 1. The van der Waals surface area contributed by atoms with Crippen LogP contribution in [0.5, 0.6) is 5.75 Å². The third-order valence-corrected chi connectivity index (χ3v) is 5.14. The summed E-state index contributed by atoms with van der Waals surface area (Å²) in [7, 11) is 1.45. The molecule has 1 N–H and O–H groups in total. The molecule has 0 unspecified atom stereocenters. The number of nitrogens with one attached hydrogen (secondary N) is 1. The summed E-state index contributed by atoms with van der Waals surface area (Å²) in [5.74, 6) is -2.49. The number of hydrogen-bond donors (Lipinski definition) is 1. The van der Waals surface area contributed by atoms with Crippen molar-refractivity contribution in [2.75, 3.05) is 19.0 Å². The van der Waals surface area contributed by atoms with Gasteiger partial charge in [0.1, 0.15) is 11.8 Å². The van der Waals surface area contributed by atoms with Crippen LogP contribution in [0, 0.1) is 0 Å². The second-order valence-electron chi connectivity index (χ2n) is 6.32. The Morgan fingerprint density at radius 3 is 2.20 bits per heavy atom. The second-order valence-corrected chi connectivity index (χ2v) is 7.14. The van der Waals surface area contributed by atoms with E-state index < -0.39 is 36.3 Å². The standard InChI is InChI=1S/C20H16Cl2N2O6/c1-10(24-18(26)11-7-13(21)14(22)8-12(11)19(24)27)20(28)30-9-17(25)23-15-5-3-4-6-16(15)29-2/h3-8,10H,9H2,1-2H3,(H,23,25)/t10-/m0/s1. The Hall–Kier alpha value is -3.10. The van der Waals surface area contributed by atoms with Gasteiger partial charge in [0.25, 0.3) is 17.7 Å². The summed E-state index contributed by atoms with van der Waals surface area (Å²) >= 11 is 11.8. The third-order valence-electron chi connectivity index (χ3n) is 4.41. The van der Waals surface area contributed by atoms with Gasteiger partial charge in [-0.1, -0.05) is 35.3 Å². The van der Waals surface area contributed by atoms with Gasteiger partial charge in [0.2, 0.25) is 0 Å². The van der Waals surface area contributed by atoms with Crippen molar-refractivity contribution in [2.45, 2.75) is 13.0 Å². The summed E-state index contributed by atoms with van der Waals surface area (Å²) in [6.45, 7) is 0.716. The number of esters is 1. The highest BCUT2D eigenvalue weighted by molar-refractivity contribution is 6.43. The predicted octanol–water partition coefficient (Wildman–Crippen LogP) is 3.17. The van der Waals surface area contributed by atoms with Crippen LogP contribution in [0.25, 0.3) is 0 Å². The first kappa shape index (κ1) is 21.6. The Morgan fingerprint density at radius 1 is 1.07 bits per heavy atom. The van der Waals surface area contributed by atoms with Gasteiger partial charge in [-0.15, -0.1) is 0 Å². The van der Waals surface area contributed by atoms with E-state index in [2.05, 4.69) is 5.32 Å². The molecule has 156 valence electrons. The van der Waals surface area contributed by atoms with Crippen LogP contribution in [-0.4, -0.2) is 48.3 Å². The van der Waals surface area contributed by atoms with Crippen LogP contribution in [-0.2, 0) is 14.3 Å². The number of hydrogen-bond acceptors (Lipinski definition) is 6. The summed E-state index contributed by atoms with van der Waals surface area (Å²) in [6, 6.07) is 8.01. The Balaban J connectivity index is 1.64. The molecule has 0 aromatic heterocycles. The number of rotatable bonds is 6. The minimum absolute atomic E-state index is 0.0444. The fraction of sp³-hybridized carbons (Fsp3) is 0.200. The molecule has 30 heavy (non-hydrogen) atoms. The van der Waals surface area contributed by atoms with Crippen LogP contribution in [0.2, 0.25) is 10.0 Å². The molecule has 0 fully saturated rings. The molecule has 3 rings (SSSR count). The van der Waals surface area contributed by atoms with Gasteiger partial charge in [-0.05, 0) is 31.2 Å². The number of amides is 3. The van der Waals surface area contributed by atoms with E-state index in [0.29, 0.717) is 11.4 Å². The lowest BCUT2D eigenvalue weighted by Gasteiger charge is -2.20. The molecule has 10 heteroatoms. The lowest BCUT2D eigenvalue weighted by molar-refractivity contribution is -0.150. The van der Waals surface area contributed by atoms with Crippen molar-refractivity contribution in [2.24, 2.45) is 0 Å². The molecule has 1 aliphatic rings. The molecule has 3 amide bonds. The van der Waals surface area contributed by atoms with Gasteiger partial charge in [0.05, 0.1) is 34.0 Å². The zero-order valence-corrected chi connectivity index (χ0v) is 17.4. The molecule has 2 aromatic carbocycles. The highest BCUT2D eigenvalue weighted by Crippen LogP contribution is 2.32. The Kier molecular flexibility index (Phi) is 6.28. The molecular weight excluding hydrogens is 435 g/mol. The number of methoxy groups -OCH3 is 1. The van der Waals surface area contributed by atoms with Gasteiger partial charge in [-0.3, -0.25) is 19.3 Å². The number of nitrogens with zero attached hydrogens (tertiary/aromatic N) is 1. The zero-order chi connectivity index (χ0) is 22.0. The highest BCUT2D eigenvalue weighted by atomic mass is 35.5. The van der Waals surface area contributed by atoms with Crippen molar-refractivity contribution >= 4 is 52.6 Å². The Bertz CT molecular complexity index is 1010.